The molecule has 0 bridgehead atoms. The van der Waals surface area contributed by atoms with Crippen molar-refractivity contribution in [3.63, 3.8) is 0 Å². The van der Waals surface area contributed by atoms with Crippen molar-refractivity contribution in [2.24, 2.45) is 21.5 Å². The molecule has 0 amide bonds. The Labute approximate surface area is 144 Å². The Hall–Kier alpha value is -1.79. The highest BCUT2D eigenvalue weighted by Crippen LogP contribution is 2.28. The summed E-state index contributed by atoms with van der Waals surface area (Å²) < 4.78 is 0. The molecule has 0 fully saturated rings. The number of aryl methyl sites for hydroxylation is 1. The average Bonchev–Trinajstić information content (AvgIpc) is 2.53. The minimum absolute atomic E-state index is 0. The molecule has 2 rings (SSSR count). The van der Waals surface area contributed by atoms with E-state index in [1.807, 2.05) is 32.0 Å². The van der Waals surface area contributed by atoms with Crippen molar-refractivity contribution in [3.05, 3.63) is 35.9 Å². The topological polar surface area (TPSA) is 89.2 Å². The van der Waals surface area contributed by atoms with Gasteiger partial charge in [0.2, 0.25) is 11.9 Å². The number of nitrogens with two attached hydrogens (primary N) is 2. The second-order valence-electron chi connectivity index (χ2n) is 5.35. The SMILES string of the molecule is CCC1(CC)N=C(N)N=C(N)N1OCCCc1ccccc1.Cl. The number of benzene rings is 1. The smallest absolute Gasteiger partial charge is 0.226 e. The quantitative estimate of drug-likeness (QED) is 0.746. The van der Waals surface area contributed by atoms with Crippen molar-refractivity contribution in [2.75, 3.05) is 6.61 Å². The zero-order chi connectivity index (χ0) is 16.0. The fourth-order valence-electron chi connectivity index (χ4n) is 2.62. The highest BCUT2D eigenvalue weighted by Gasteiger charge is 2.39. The summed E-state index contributed by atoms with van der Waals surface area (Å²) in [5.41, 5.74) is 12.5. The van der Waals surface area contributed by atoms with Gasteiger partial charge in [0.1, 0.15) is 0 Å². The molecule has 0 radical (unpaired) electrons. The molecule has 1 heterocycles. The number of hydroxylamine groups is 2. The second kappa shape index (κ2) is 8.74. The summed E-state index contributed by atoms with van der Waals surface area (Å²) in [6.45, 7) is 4.64. The summed E-state index contributed by atoms with van der Waals surface area (Å²) in [5.74, 6) is 0.487. The molecule has 0 aromatic heterocycles. The molecule has 1 aliphatic heterocycles. The molecule has 1 aromatic rings. The van der Waals surface area contributed by atoms with Gasteiger partial charge in [-0.15, -0.1) is 12.4 Å². The van der Waals surface area contributed by atoms with E-state index in [4.69, 9.17) is 16.3 Å². The molecule has 0 saturated heterocycles. The largest absolute Gasteiger partial charge is 0.368 e. The van der Waals surface area contributed by atoms with Crippen LogP contribution in [0.5, 0.6) is 0 Å². The van der Waals surface area contributed by atoms with Gasteiger partial charge in [-0.1, -0.05) is 44.2 Å². The van der Waals surface area contributed by atoms with Crippen LogP contribution in [0.25, 0.3) is 0 Å². The van der Waals surface area contributed by atoms with Crippen molar-refractivity contribution in [1.82, 2.24) is 5.06 Å². The van der Waals surface area contributed by atoms with E-state index in [1.54, 1.807) is 5.06 Å². The van der Waals surface area contributed by atoms with E-state index in [2.05, 4.69) is 22.1 Å². The zero-order valence-corrected chi connectivity index (χ0v) is 14.6. The maximum Gasteiger partial charge on any atom is 0.226 e. The summed E-state index contributed by atoms with van der Waals surface area (Å²) in [6, 6.07) is 10.3. The molecule has 0 spiro atoms. The molecule has 128 valence electrons. The number of aliphatic imine (C=N–C) groups is 2. The summed E-state index contributed by atoms with van der Waals surface area (Å²) in [4.78, 5) is 14.3. The first-order valence-electron chi connectivity index (χ1n) is 7.78. The molecule has 6 nitrogen and oxygen atoms in total. The van der Waals surface area contributed by atoms with Gasteiger partial charge in [0.15, 0.2) is 5.66 Å². The molecule has 0 aliphatic carbocycles. The van der Waals surface area contributed by atoms with E-state index < -0.39 is 5.66 Å². The van der Waals surface area contributed by atoms with Crippen LogP contribution in [0.2, 0.25) is 0 Å². The molecular weight excluding hydrogens is 314 g/mol. The van der Waals surface area contributed by atoms with Crippen LogP contribution in [-0.2, 0) is 11.3 Å². The van der Waals surface area contributed by atoms with Crippen LogP contribution < -0.4 is 11.5 Å². The van der Waals surface area contributed by atoms with Gasteiger partial charge in [0, 0.05) is 0 Å². The monoisotopic (exact) mass is 339 g/mol. The van der Waals surface area contributed by atoms with Gasteiger partial charge < -0.3 is 11.5 Å². The van der Waals surface area contributed by atoms with E-state index in [9.17, 15) is 0 Å². The molecule has 0 atom stereocenters. The van der Waals surface area contributed by atoms with Crippen molar-refractivity contribution in [3.8, 4) is 0 Å². The molecule has 0 saturated carbocycles. The lowest BCUT2D eigenvalue weighted by molar-refractivity contribution is -0.170. The van der Waals surface area contributed by atoms with Gasteiger partial charge in [-0.05, 0) is 31.2 Å². The second-order valence-corrected chi connectivity index (χ2v) is 5.35. The minimum Gasteiger partial charge on any atom is -0.368 e. The summed E-state index contributed by atoms with van der Waals surface area (Å²) in [5, 5.41) is 1.62. The first-order chi connectivity index (χ1) is 10.6. The number of hydrogen-bond acceptors (Lipinski definition) is 6. The van der Waals surface area contributed by atoms with Gasteiger partial charge >= 0.3 is 0 Å². The predicted molar refractivity (Wildman–Crippen MR) is 96.4 cm³/mol. The molecule has 23 heavy (non-hydrogen) atoms. The number of halogens is 1. The van der Waals surface area contributed by atoms with Gasteiger partial charge in [-0.25, -0.2) is 4.99 Å². The third-order valence-corrected chi connectivity index (χ3v) is 3.94. The average molecular weight is 340 g/mol. The zero-order valence-electron chi connectivity index (χ0n) is 13.7. The van der Waals surface area contributed by atoms with Crippen molar-refractivity contribution in [1.29, 1.82) is 0 Å². The van der Waals surface area contributed by atoms with Crippen molar-refractivity contribution < 1.29 is 4.84 Å². The Morgan fingerprint density at radius 3 is 2.39 bits per heavy atom. The summed E-state index contributed by atoms with van der Waals surface area (Å²) in [7, 11) is 0. The fraction of sp³-hybridized carbons (Fsp3) is 0.500. The van der Waals surface area contributed by atoms with Gasteiger partial charge in [0.05, 0.1) is 6.61 Å². The maximum atomic E-state index is 5.98. The molecule has 7 heteroatoms. The van der Waals surface area contributed by atoms with Gasteiger partial charge in [-0.3, -0.25) is 4.84 Å². The molecule has 4 N–H and O–H groups in total. The Balaban J connectivity index is 0.00000264. The third-order valence-electron chi connectivity index (χ3n) is 3.94. The summed E-state index contributed by atoms with van der Waals surface area (Å²) in [6.07, 6.45) is 3.36. The predicted octanol–water partition coefficient (Wildman–Crippen LogP) is 2.43. The first kappa shape index (κ1) is 19.3. The van der Waals surface area contributed by atoms with Crippen LogP contribution >= 0.6 is 12.4 Å². The number of guanidine groups is 2. The van der Waals surface area contributed by atoms with Crippen LogP contribution in [0.15, 0.2) is 40.3 Å². The van der Waals surface area contributed by atoms with Crippen LogP contribution in [0.3, 0.4) is 0 Å². The fourth-order valence-corrected chi connectivity index (χ4v) is 2.62. The van der Waals surface area contributed by atoms with E-state index in [0.29, 0.717) is 6.61 Å². The number of rotatable bonds is 7. The molecule has 0 unspecified atom stereocenters. The normalized spacial score (nSPS) is 16.3. The maximum absolute atomic E-state index is 5.98. The van der Waals surface area contributed by atoms with E-state index >= 15 is 0 Å². The van der Waals surface area contributed by atoms with Crippen molar-refractivity contribution in [2.45, 2.75) is 45.2 Å². The van der Waals surface area contributed by atoms with Gasteiger partial charge in [-0.2, -0.15) is 10.1 Å². The number of hydrogen-bond donors (Lipinski definition) is 2. The molecule has 1 aromatic carbocycles. The summed E-state index contributed by atoms with van der Waals surface area (Å²) >= 11 is 0. The Morgan fingerprint density at radius 2 is 1.78 bits per heavy atom. The van der Waals surface area contributed by atoms with Crippen LogP contribution in [-0.4, -0.2) is 29.3 Å². The Bertz CT molecular complexity index is 543. The lowest BCUT2D eigenvalue weighted by Crippen LogP contribution is -2.56. The highest BCUT2D eigenvalue weighted by molar-refractivity contribution is 5.95. The van der Waals surface area contributed by atoms with Crippen LogP contribution in [0.4, 0.5) is 0 Å². The lowest BCUT2D eigenvalue weighted by atomic mass is 10.0. The van der Waals surface area contributed by atoms with Crippen molar-refractivity contribution >= 4 is 24.3 Å². The van der Waals surface area contributed by atoms with E-state index in [0.717, 1.165) is 25.7 Å². The van der Waals surface area contributed by atoms with E-state index in [1.165, 1.54) is 5.56 Å². The number of nitrogens with zero attached hydrogens (tertiary/aromatic N) is 3. The minimum atomic E-state index is -0.553. The van der Waals surface area contributed by atoms with Crippen LogP contribution in [0.1, 0.15) is 38.7 Å². The molecule has 1 aliphatic rings. The standard InChI is InChI=1S/C16H25N5O.ClH/c1-3-16(4-2)20-14(17)19-15(18)21(16)22-12-8-11-13-9-6-5-7-10-13;/h5-7,9-10H,3-4,8,11-12H2,1-2H3,(H4,17,18,19,20);1H. The first-order valence-corrected chi connectivity index (χ1v) is 7.78. The van der Waals surface area contributed by atoms with Gasteiger partial charge in [0.25, 0.3) is 0 Å². The lowest BCUT2D eigenvalue weighted by Gasteiger charge is -2.40. The third kappa shape index (κ3) is 4.59. The molecular formula is C16H26ClN5O. The Morgan fingerprint density at radius 1 is 1.13 bits per heavy atom. The van der Waals surface area contributed by atoms with Crippen LogP contribution in [0, 0.1) is 0 Å². The highest BCUT2D eigenvalue weighted by atomic mass is 35.5. The Kier molecular flexibility index (Phi) is 7.32. The van der Waals surface area contributed by atoms with E-state index in [-0.39, 0.29) is 24.3 Å².